The second-order valence-electron chi connectivity index (χ2n) is 4.70. The fraction of sp³-hybridized carbons (Fsp3) is 0.500. The second kappa shape index (κ2) is 5.90. The Morgan fingerprint density at radius 1 is 1.42 bits per heavy atom. The Bertz CT molecular complexity index is 456. The molecule has 0 bridgehead atoms. The summed E-state index contributed by atoms with van der Waals surface area (Å²) in [5, 5.41) is 3.53. The Morgan fingerprint density at radius 3 is 2.63 bits per heavy atom. The third-order valence-electron chi connectivity index (χ3n) is 3.52. The third kappa shape index (κ3) is 3.08. The molecule has 2 rings (SSSR count). The van der Waals surface area contributed by atoms with Crippen molar-refractivity contribution in [3.63, 3.8) is 0 Å². The number of amides is 1. The van der Waals surface area contributed by atoms with Crippen LogP contribution in [0.15, 0.2) is 24.3 Å². The third-order valence-corrected chi connectivity index (χ3v) is 3.75. The lowest BCUT2D eigenvalue weighted by molar-refractivity contribution is -0.129. The molecule has 0 heterocycles. The lowest BCUT2D eigenvalue weighted by Gasteiger charge is -2.19. The Kier molecular flexibility index (Phi) is 4.45. The van der Waals surface area contributed by atoms with Gasteiger partial charge in [0, 0.05) is 19.2 Å². The topological polar surface area (TPSA) is 47.6 Å². The van der Waals surface area contributed by atoms with Gasteiger partial charge in [0.1, 0.15) is 0 Å². The van der Waals surface area contributed by atoms with Gasteiger partial charge in [0.25, 0.3) is 0 Å². The van der Waals surface area contributed by atoms with Crippen molar-refractivity contribution in [3.8, 4) is 0 Å². The van der Waals surface area contributed by atoms with Crippen LogP contribution in [0.1, 0.15) is 18.4 Å². The van der Waals surface area contributed by atoms with Gasteiger partial charge < -0.3 is 14.8 Å². The van der Waals surface area contributed by atoms with Crippen molar-refractivity contribution in [1.29, 1.82) is 0 Å². The van der Waals surface area contributed by atoms with E-state index in [0.29, 0.717) is 11.6 Å². The molecule has 0 saturated heterocycles. The van der Waals surface area contributed by atoms with Crippen molar-refractivity contribution in [2.75, 3.05) is 20.8 Å². The average Bonchev–Trinajstić information content (AvgIpc) is 3.21. The maximum atomic E-state index is 12.3. The van der Waals surface area contributed by atoms with Gasteiger partial charge in [-0.05, 0) is 30.5 Å². The molecule has 1 aliphatic carbocycles. The predicted molar refractivity (Wildman–Crippen MR) is 73.2 cm³/mol. The van der Waals surface area contributed by atoms with Crippen LogP contribution in [0.3, 0.4) is 0 Å². The van der Waals surface area contributed by atoms with Gasteiger partial charge in [0.15, 0.2) is 6.29 Å². The molecule has 0 aromatic heterocycles. The predicted octanol–water partition coefficient (Wildman–Crippen LogP) is 2.11. The van der Waals surface area contributed by atoms with E-state index < -0.39 is 11.7 Å². The summed E-state index contributed by atoms with van der Waals surface area (Å²) in [6.07, 6.45) is 1.28. The van der Waals surface area contributed by atoms with Crippen LogP contribution in [0.5, 0.6) is 0 Å². The largest absolute Gasteiger partial charge is 0.354 e. The van der Waals surface area contributed by atoms with Gasteiger partial charge in [-0.3, -0.25) is 4.79 Å². The van der Waals surface area contributed by atoms with E-state index in [-0.39, 0.29) is 5.91 Å². The smallest absolute Gasteiger partial charge is 0.230 e. The molecule has 1 fully saturated rings. The zero-order valence-corrected chi connectivity index (χ0v) is 11.9. The van der Waals surface area contributed by atoms with Crippen LogP contribution >= 0.6 is 11.6 Å². The highest BCUT2D eigenvalue weighted by Crippen LogP contribution is 2.48. The summed E-state index contributed by atoms with van der Waals surface area (Å²) < 4.78 is 10.1. The van der Waals surface area contributed by atoms with Gasteiger partial charge in [0.2, 0.25) is 5.91 Å². The summed E-state index contributed by atoms with van der Waals surface area (Å²) in [6.45, 7) is 0.341. The number of carbonyl (C=O) groups excluding carboxylic acids is 1. The van der Waals surface area contributed by atoms with E-state index in [4.69, 9.17) is 21.1 Å². The number of nitrogens with one attached hydrogen (secondary N) is 1. The number of carbonyl (C=O) groups is 1. The highest BCUT2D eigenvalue weighted by atomic mass is 35.5. The monoisotopic (exact) mass is 283 g/mol. The summed E-state index contributed by atoms with van der Waals surface area (Å²) in [6, 6.07) is 7.49. The standard InChI is InChI=1S/C14H18ClNO3/c1-18-12(19-2)9-16-13(17)14(6-7-14)10-4-3-5-11(15)8-10/h3-5,8,12H,6-7,9H2,1-2H3,(H,16,17). The summed E-state index contributed by atoms with van der Waals surface area (Å²) >= 11 is 5.98. The van der Waals surface area contributed by atoms with Crippen LogP contribution in [0.25, 0.3) is 0 Å². The second-order valence-corrected chi connectivity index (χ2v) is 5.14. The molecule has 0 radical (unpaired) electrons. The SMILES string of the molecule is COC(CNC(=O)C1(c2cccc(Cl)c2)CC1)OC. The van der Waals surface area contributed by atoms with Crippen molar-refractivity contribution < 1.29 is 14.3 Å². The molecular formula is C14H18ClNO3. The lowest BCUT2D eigenvalue weighted by atomic mass is 9.95. The maximum absolute atomic E-state index is 12.3. The Labute approximate surface area is 118 Å². The molecule has 19 heavy (non-hydrogen) atoms. The summed E-state index contributed by atoms with van der Waals surface area (Å²) in [5.41, 5.74) is 0.556. The van der Waals surface area contributed by atoms with E-state index in [9.17, 15) is 4.79 Å². The van der Waals surface area contributed by atoms with Gasteiger partial charge in [-0.1, -0.05) is 23.7 Å². The Balaban J connectivity index is 2.02. The van der Waals surface area contributed by atoms with Crippen molar-refractivity contribution in [2.24, 2.45) is 0 Å². The first-order chi connectivity index (χ1) is 9.12. The van der Waals surface area contributed by atoms with Gasteiger partial charge in [-0.2, -0.15) is 0 Å². The van der Waals surface area contributed by atoms with Crippen LogP contribution in [0, 0.1) is 0 Å². The van der Waals surface area contributed by atoms with Crippen LogP contribution in [0.2, 0.25) is 5.02 Å². The molecule has 0 spiro atoms. The number of rotatable bonds is 6. The van der Waals surface area contributed by atoms with E-state index in [0.717, 1.165) is 18.4 Å². The average molecular weight is 284 g/mol. The minimum atomic E-state index is -0.420. The molecule has 0 aliphatic heterocycles. The molecule has 1 aromatic rings. The minimum absolute atomic E-state index is 0.00821. The Morgan fingerprint density at radius 2 is 2.11 bits per heavy atom. The summed E-state index contributed by atoms with van der Waals surface area (Å²) in [7, 11) is 3.09. The molecule has 0 unspecified atom stereocenters. The van der Waals surface area contributed by atoms with Crippen molar-refractivity contribution in [3.05, 3.63) is 34.9 Å². The van der Waals surface area contributed by atoms with Crippen molar-refractivity contribution in [1.82, 2.24) is 5.32 Å². The lowest BCUT2D eigenvalue weighted by Crippen LogP contribution is -2.40. The number of hydrogen-bond donors (Lipinski definition) is 1. The normalized spacial score (nSPS) is 16.4. The maximum Gasteiger partial charge on any atom is 0.230 e. The molecule has 104 valence electrons. The van der Waals surface area contributed by atoms with Crippen LogP contribution < -0.4 is 5.32 Å². The summed E-state index contributed by atoms with van der Waals surface area (Å²) in [4.78, 5) is 12.3. The van der Waals surface area contributed by atoms with Crippen LogP contribution in [0.4, 0.5) is 0 Å². The fourth-order valence-corrected chi connectivity index (χ4v) is 2.36. The van der Waals surface area contributed by atoms with Crippen LogP contribution in [-0.2, 0) is 19.7 Å². The molecule has 1 amide bonds. The molecule has 0 atom stereocenters. The van der Waals surface area contributed by atoms with Gasteiger partial charge >= 0.3 is 0 Å². The first-order valence-electron chi connectivity index (χ1n) is 6.22. The zero-order chi connectivity index (χ0) is 13.9. The number of ether oxygens (including phenoxy) is 2. The first-order valence-corrected chi connectivity index (χ1v) is 6.60. The van der Waals surface area contributed by atoms with E-state index >= 15 is 0 Å². The number of hydrogen-bond acceptors (Lipinski definition) is 3. The van der Waals surface area contributed by atoms with Gasteiger partial charge in [-0.15, -0.1) is 0 Å². The van der Waals surface area contributed by atoms with E-state index in [1.807, 2.05) is 24.3 Å². The molecule has 5 heteroatoms. The molecule has 1 aliphatic rings. The molecular weight excluding hydrogens is 266 g/mol. The van der Waals surface area contributed by atoms with E-state index in [2.05, 4.69) is 5.32 Å². The van der Waals surface area contributed by atoms with E-state index in [1.54, 1.807) is 14.2 Å². The minimum Gasteiger partial charge on any atom is -0.354 e. The fourth-order valence-electron chi connectivity index (χ4n) is 2.17. The number of methoxy groups -OCH3 is 2. The van der Waals surface area contributed by atoms with Crippen molar-refractivity contribution in [2.45, 2.75) is 24.5 Å². The van der Waals surface area contributed by atoms with E-state index in [1.165, 1.54) is 0 Å². The van der Waals surface area contributed by atoms with Gasteiger partial charge in [-0.25, -0.2) is 0 Å². The molecule has 1 N–H and O–H groups in total. The van der Waals surface area contributed by atoms with Gasteiger partial charge in [0.05, 0.1) is 12.0 Å². The Hall–Kier alpha value is -1.10. The first kappa shape index (κ1) is 14.3. The molecule has 4 nitrogen and oxygen atoms in total. The molecule has 1 saturated carbocycles. The van der Waals surface area contributed by atoms with Crippen LogP contribution in [-0.4, -0.2) is 33.0 Å². The number of halogens is 1. The quantitative estimate of drug-likeness (QED) is 0.814. The summed E-state index contributed by atoms with van der Waals surface area (Å²) in [5.74, 6) is 0.00821. The number of benzene rings is 1. The highest BCUT2D eigenvalue weighted by Gasteiger charge is 2.51. The molecule has 1 aromatic carbocycles. The zero-order valence-electron chi connectivity index (χ0n) is 11.1. The highest BCUT2D eigenvalue weighted by molar-refractivity contribution is 6.30. The van der Waals surface area contributed by atoms with Crippen molar-refractivity contribution >= 4 is 17.5 Å².